The van der Waals surface area contributed by atoms with Crippen LogP contribution in [0.4, 0.5) is 0 Å². The summed E-state index contributed by atoms with van der Waals surface area (Å²) < 4.78 is 44.2. The fourth-order valence-electron chi connectivity index (χ4n) is 3.24. The molecule has 3 rings (SSSR count). The quantitative estimate of drug-likeness (QED) is 0.552. The lowest BCUT2D eigenvalue weighted by molar-refractivity contribution is -0.136. The van der Waals surface area contributed by atoms with Gasteiger partial charge in [0.05, 0.1) is 26.3 Å². The topological polar surface area (TPSA) is 104 Å². The lowest BCUT2D eigenvalue weighted by Gasteiger charge is -2.13. The Balaban J connectivity index is 2.22. The molecule has 0 unspecified atom stereocenters. The predicted octanol–water partition coefficient (Wildman–Crippen LogP) is 3.31. The molecule has 0 atom stereocenters. The molecular formula is C21H23NO7S. The fraction of sp³-hybridized carbons (Fsp3) is 0.286. The summed E-state index contributed by atoms with van der Waals surface area (Å²) in [5, 5.41) is 9.70. The monoisotopic (exact) mass is 433 g/mol. The standard InChI is InChI=1S/C21H23NO7S/c1-4-29-16-6-8-17-14(5-10-21(23)24)13-22(18(17)11-16)30(25,26)20-9-7-15(27-2)12-19(20)28-3/h6-9,11-13H,4-5,10H2,1-3H3,(H,23,24). The Morgan fingerprint density at radius 1 is 1.07 bits per heavy atom. The maximum Gasteiger partial charge on any atom is 0.303 e. The third-order valence-electron chi connectivity index (χ3n) is 4.65. The van der Waals surface area contributed by atoms with Crippen LogP contribution in [0.3, 0.4) is 0 Å². The molecular weight excluding hydrogens is 410 g/mol. The van der Waals surface area contributed by atoms with E-state index in [1.54, 1.807) is 18.2 Å². The molecule has 1 N–H and O–H groups in total. The average molecular weight is 433 g/mol. The van der Waals surface area contributed by atoms with Crippen molar-refractivity contribution >= 4 is 26.9 Å². The minimum atomic E-state index is -4.05. The van der Waals surface area contributed by atoms with Crippen LogP contribution in [0, 0.1) is 0 Å². The van der Waals surface area contributed by atoms with Crippen molar-refractivity contribution in [1.82, 2.24) is 3.97 Å². The number of fused-ring (bicyclic) bond motifs is 1. The second kappa shape index (κ2) is 8.66. The molecule has 2 aromatic carbocycles. The Kier molecular flexibility index (Phi) is 6.21. The fourth-order valence-corrected chi connectivity index (χ4v) is 4.76. The third kappa shape index (κ3) is 4.06. The number of aromatic nitrogens is 1. The zero-order valence-corrected chi connectivity index (χ0v) is 17.7. The van der Waals surface area contributed by atoms with Crippen molar-refractivity contribution in [3.8, 4) is 17.2 Å². The summed E-state index contributed by atoms with van der Waals surface area (Å²) in [5.41, 5.74) is 1.02. The maximum absolute atomic E-state index is 13.5. The molecule has 1 heterocycles. The lowest BCUT2D eigenvalue weighted by atomic mass is 10.1. The van der Waals surface area contributed by atoms with Crippen LogP contribution >= 0.6 is 0 Å². The first kappa shape index (κ1) is 21.5. The summed E-state index contributed by atoms with van der Waals surface area (Å²) in [6.45, 7) is 2.26. The first-order chi connectivity index (χ1) is 14.3. The average Bonchev–Trinajstić information content (AvgIpc) is 3.10. The number of carboxylic acids is 1. The molecule has 0 radical (unpaired) electrons. The molecule has 0 fully saturated rings. The highest BCUT2D eigenvalue weighted by atomic mass is 32.2. The van der Waals surface area contributed by atoms with Crippen molar-refractivity contribution in [3.63, 3.8) is 0 Å². The number of benzene rings is 2. The summed E-state index contributed by atoms with van der Waals surface area (Å²) in [6, 6.07) is 9.57. The molecule has 160 valence electrons. The summed E-state index contributed by atoms with van der Waals surface area (Å²) in [4.78, 5) is 11.0. The number of hydrogen-bond acceptors (Lipinski definition) is 6. The molecule has 8 nitrogen and oxygen atoms in total. The highest BCUT2D eigenvalue weighted by Gasteiger charge is 2.25. The van der Waals surface area contributed by atoms with Gasteiger partial charge in [-0.1, -0.05) is 0 Å². The third-order valence-corrected chi connectivity index (χ3v) is 6.37. The second-order valence-corrected chi connectivity index (χ2v) is 8.26. The minimum Gasteiger partial charge on any atom is -0.497 e. The molecule has 1 aromatic heterocycles. The normalized spacial score (nSPS) is 11.4. The SMILES string of the molecule is CCOc1ccc2c(CCC(=O)O)cn(S(=O)(=O)c3ccc(OC)cc3OC)c2c1. The smallest absolute Gasteiger partial charge is 0.303 e. The van der Waals surface area contributed by atoms with E-state index in [2.05, 4.69) is 0 Å². The largest absolute Gasteiger partial charge is 0.497 e. The molecule has 0 aliphatic rings. The minimum absolute atomic E-state index is 0.0331. The first-order valence-electron chi connectivity index (χ1n) is 9.28. The predicted molar refractivity (Wildman–Crippen MR) is 111 cm³/mol. The van der Waals surface area contributed by atoms with Gasteiger partial charge in [-0.3, -0.25) is 4.79 Å². The number of nitrogens with zero attached hydrogens (tertiary/aromatic N) is 1. The number of ether oxygens (including phenoxy) is 3. The number of aliphatic carboxylic acids is 1. The van der Waals surface area contributed by atoms with Crippen molar-refractivity contribution in [3.05, 3.63) is 48.2 Å². The van der Waals surface area contributed by atoms with Crippen molar-refractivity contribution in [1.29, 1.82) is 0 Å². The molecule has 9 heteroatoms. The van der Waals surface area contributed by atoms with Gasteiger partial charge in [-0.15, -0.1) is 0 Å². The highest BCUT2D eigenvalue weighted by Crippen LogP contribution is 2.34. The Morgan fingerprint density at radius 2 is 1.80 bits per heavy atom. The Morgan fingerprint density at radius 3 is 2.43 bits per heavy atom. The second-order valence-electron chi connectivity index (χ2n) is 6.48. The summed E-state index contributed by atoms with van der Waals surface area (Å²) >= 11 is 0. The van der Waals surface area contributed by atoms with E-state index in [0.29, 0.717) is 34.6 Å². The lowest BCUT2D eigenvalue weighted by Crippen LogP contribution is -2.13. The van der Waals surface area contributed by atoms with Gasteiger partial charge >= 0.3 is 5.97 Å². The molecule has 0 saturated heterocycles. The molecule has 0 spiro atoms. The number of methoxy groups -OCH3 is 2. The Labute approximate surface area is 174 Å². The van der Waals surface area contributed by atoms with E-state index in [4.69, 9.17) is 19.3 Å². The molecule has 0 aliphatic heterocycles. The van der Waals surface area contributed by atoms with E-state index in [1.807, 2.05) is 6.92 Å². The van der Waals surface area contributed by atoms with E-state index in [9.17, 15) is 13.2 Å². The Bertz CT molecular complexity index is 1180. The van der Waals surface area contributed by atoms with E-state index >= 15 is 0 Å². The molecule has 0 amide bonds. The number of carboxylic acid groups (broad SMARTS) is 1. The van der Waals surface area contributed by atoms with Crippen LogP contribution < -0.4 is 14.2 Å². The number of rotatable bonds is 9. The van der Waals surface area contributed by atoms with Crippen LogP contribution in [0.1, 0.15) is 18.9 Å². The zero-order chi connectivity index (χ0) is 21.9. The number of carbonyl (C=O) groups is 1. The summed E-state index contributed by atoms with van der Waals surface area (Å²) in [6.07, 6.45) is 1.54. The first-order valence-corrected chi connectivity index (χ1v) is 10.7. The van der Waals surface area contributed by atoms with Crippen LogP contribution in [-0.4, -0.2) is 44.3 Å². The molecule has 3 aromatic rings. The van der Waals surface area contributed by atoms with Crippen LogP contribution in [0.2, 0.25) is 0 Å². The van der Waals surface area contributed by atoms with Gasteiger partial charge in [-0.25, -0.2) is 12.4 Å². The van der Waals surface area contributed by atoms with Crippen LogP contribution in [0.25, 0.3) is 10.9 Å². The zero-order valence-electron chi connectivity index (χ0n) is 16.9. The van der Waals surface area contributed by atoms with Gasteiger partial charge in [0.25, 0.3) is 10.0 Å². The summed E-state index contributed by atoms with van der Waals surface area (Å²) in [5.74, 6) is 0.167. The Hall–Kier alpha value is -3.20. The van der Waals surface area contributed by atoms with Gasteiger partial charge in [-0.05, 0) is 43.2 Å². The van der Waals surface area contributed by atoms with Crippen molar-refractivity contribution in [2.75, 3.05) is 20.8 Å². The van der Waals surface area contributed by atoms with Gasteiger partial charge in [0, 0.05) is 30.1 Å². The number of aryl methyl sites for hydroxylation is 1. The van der Waals surface area contributed by atoms with E-state index in [0.717, 1.165) is 3.97 Å². The van der Waals surface area contributed by atoms with Crippen molar-refractivity contribution in [2.24, 2.45) is 0 Å². The van der Waals surface area contributed by atoms with Crippen LogP contribution in [0.15, 0.2) is 47.5 Å². The van der Waals surface area contributed by atoms with Crippen LogP contribution in [-0.2, 0) is 21.2 Å². The molecule has 0 saturated carbocycles. The van der Waals surface area contributed by atoms with Gasteiger partial charge in [0.15, 0.2) is 0 Å². The molecule has 30 heavy (non-hydrogen) atoms. The van der Waals surface area contributed by atoms with Crippen molar-refractivity contribution < 1.29 is 32.5 Å². The van der Waals surface area contributed by atoms with Gasteiger partial charge in [0.2, 0.25) is 0 Å². The van der Waals surface area contributed by atoms with Crippen molar-refractivity contribution in [2.45, 2.75) is 24.7 Å². The van der Waals surface area contributed by atoms with Gasteiger partial charge < -0.3 is 19.3 Å². The van der Waals surface area contributed by atoms with Gasteiger partial charge in [-0.2, -0.15) is 0 Å². The van der Waals surface area contributed by atoms with E-state index in [1.165, 1.54) is 38.6 Å². The van der Waals surface area contributed by atoms with Gasteiger partial charge in [0.1, 0.15) is 22.1 Å². The maximum atomic E-state index is 13.5. The summed E-state index contributed by atoms with van der Waals surface area (Å²) in [7, 11) is -1.19. The molecule has 0 aliphatic carbocycles. The highest BCUT2D eigenvalue weighted by molar-refractivity contribution is 7.90. The van der Waals surface area contributed by atoms with E-state index in [-0.39, 0.29) is 23.5 Å². The molecule has 0 bridgehead atoms. The van der Waals surface area contributed by atoms with E-state index < -0.39 is 16.0 Å². The van der Waals surface area contributed by atoms with Crippen LogP contribution in [0.5, 0.6) is 17.2 Å². The number of hydrogen-bond donors (Lipinski definition) is 1.